The van der Waals surface area contributed by atoms with Crippen molar-refractivity contribution < 1.29 is 14.3 Å². The van der Waals surface area contributed by atoms with E-state index in [9.17, 15) is 9.90 Å². The Bertz CT molecular complexity index is 931. The highest BCUT2D eigenvalue weighted by Gasteiger charge is 2.47. The average Bonchev–Trinajstić information content (AvgIpc) is 3.29. The van der Waals surface area contributed by atoms with Gasteiger partial charge in [0.15, 0.2) is 5.78 Å². The molecule has 1 aliphatic heterocycles. The van der Waals surface area contributed by atoms with Crippen LogP contribution in [0.4, 0.5) is 0 Å². The first-order chi connectivity index (χ1) is 13.1. The molecule has 2 heterocycles. The van der Waals surface area contributed by atoms with Gasteiger partial charge in [0.1, 0.15) is 11.5 Å². The van der Waals surface area contributed by atoms with E-state index in [0.717, 1.165) is 17.9 Å². The maximum atomic E-state index is 13.5. The van der Waals surface area contributed by atoms with Crippen molar-refractivity contribution in [1.29, 1.82) is 0 Å². The van der Waals surface area contributed by atoms with Crippen molar-refractivity contribution in [2.24, 2.45) is 5.92 Å². The van der Waals surface area contributed by atoms with Gasteiger partial charge in [0.2, 0.25) is 0 Å². The van der Waals surface area contributed by atoms with Crippen LogP contribution >= 0.6 is 0 Å². The number of phenolic OH excluding ortho intramolecular Hbond substituents is 1. The molecule has 138 valence electrons. The zero-order chi connectivity index (χ0) is 19.0. The number of carbonyl (C=O) groups excluding carboxylic acids is 1. The van der Waals surface area contributed by atoms with Crippen molar-refractivity contribution in [3.63, 3.8) is 0 Å². The molecule has 4 rings (SSSR count). The molecule has 1 fully saturated rings. The van der Waals surface area contributed by atoms with Crippen molar-refractivity contribution in [2.45, 2.75) is 18.9 Å². The Hall–Kier alpha value is -2.85. The van der Waals surface area contributed by atoms with Crippen LogP contribution in [0.25, 0.3) is 0 Å². The Balaban J connectivity index is 1.80. The number of ketones is 1. The van der Waals surface area contributed by atoms with Crippen molar-refractivity contribution in [1.82, 2.24) is 4.90 Å². The van der Waals surface area contributed by atoms with Crippen LogP contribution in [0.5, 0.6) is 5.75 Å². The summed E-state index contributed by atoms with van der Waals surface area (Å²) in [7, 11) is 2.02. The van der Waals surface area contributed by atoms with Gasteiger partial charge in [0.25, 0.3) is 0 Å². The van der Waals surface area contributed by atoms with Crippen LogP contribution in [-0.4, -0.2) is 29.4 Å². The third kappa shape index (κ3) is 3.17. The second kappa shape index (κ2) is 7.05. The van der Waals surface area contributed by atoms with E-state index < -0.39 is 0 Å². The zero-order valence-corrected chi connectivity index (χ0v) is 15.5. The van der Waals surface area contributed by atoms with E-state index in [4.69, 9.17) is 4.42 Å². The van der Waals surface area contributed by atoms with Crippen LogP contribution in [-0.2, 0) is 0 Å². The van der Waals surface area contributed by atoms with Crippen molar-refractivity contribution in [2.75, 3.05) is 13.6 Å². The van der Waals surface area contributed by atoms with Crippen molar-refractivity contribution >= 4 is 5.78 Å². The van der Waals surface area contributed by atoms with Gasteiger partial charge >= 0.3 is 0 Å². The van der Waals surface area contributed by atoms with E-state index in [1.807, 2.05) is 19.2 Å². The van der Waals surface area contributed by atoms with Gasteiger partial charge in [0.05, 0.1) is 23.8 Å². The Morgan fingerprint density at radius 3 is 2.48 bits per heavy atom. The van der Waals surface area contributed by atoms with Crippen LogP contribution in [0.15, 0.2) is 71.3 Å². The molecular weight excluding hydrogens is 338 g/mol. The maximum absolute atomic E-state index is 13.5. The number of hydrogen-bond acceptors (Lipinski definition) is 4. The Labute approximate surface area is 159 Å². The van der Waals surface area contributed by atoms with E-state index in [-0.39, 0.29) is 29.4 Å². The molecule has 1 N–H and O–H groups in total. The third-order valence-corrected chi connectivity index (χ3v) is 5.55. The second-order valence-corrected chi connectivity index (χ2v) is 7.32. The molecule has 0 unspecified atom stereocenters. The predicted octanol–water partition coefficient (Wildman–Crippen LogP) is 4.56. The molecule has 3 aromatic rings. The summed E-state index contributed by atoms with van der Waals surface area (Å²) in [5.41, 5.74) is 2.69. The monoisotopic (exact) mass is 361 g/mol. The molecule has 0 bridgehead atoms. The zero-order valence-electron chi connectivity index (χ0n) is 15.5. The van der Waals surface area contributed by atoms with Gasteiger partial charge < -0.3 is 9.52 Å². The Kier molecular flexibility index (Phi) is 4.58. The Morgan fingerprint density at radius 1 is 1.07 bits per heavy atom. The van der Waals surface area contributed by atoms with E-state index in [1.54, 1.807) is 30.5 Å². The smallest absolute Gasteiger partial charge is 0.172 e. The third-order valence-electron chi connectivity index (χ3n) is 5.55. The van der Waals surface area contributed by atoms with E-state index in [2.05, 4.69) is 36.1 Å². The molecule has 1 aliphatic rings. The van der Waals surface area contributed by atoms with Gasteiger partial charge in [-0.3, -0.25) is 9.69 Å². The SMILES string of the molecule is Cc1ccc([C@H]2CN(C)[C@@H](c3ccco3)[C@@H]2C(=O)c2ccccc2O)cc1. The number of aryl methyl sites for hydroxylation is 1. The summed E-state index contributed by atoms with van der Waals surface area (Å²) in [6.45, 7) is 2.80. The van der Waals surface area contributed by atoms with Crippen molar-refractivity contribution in [3.8, 4) is 5.75 Å². The topological polar surface area (TPSA) is 53.7 Å². The number of nitrogens with zero attached hydrogens (tertiary/aromatic N) is 1. The number of rotatable bonds is 4. The van der Waals surface area contributed by atoms with Gasteiger partial charge in [-0.1, -0.05) is 42.0 Å². The molecule has 1 aromatic heterocycles. The van der Waals surface area contributed by atoms with Crippen LogP contribution in [0.1, 0.15) is 39.2 Å². The van der Waals surface area contributed by atoms with Gasteiger partial charge in [-0.25, -0.2) is 0 Å². The largest absolute Gasteiger partial charge is 0.507 e. The number of likely N-dealkylation sites (N-methyl/N-ethyl adjacent to an activating group) is 1. The number of phenols is 1. The number of furan rings is 1. The molecule has 3 atom stereocenters. The van der Waals surface area contributed by atoms with Gasteiger partial charge in [-0.2, -0.15) is 0 Å². The minimum absolute atomic E-state index is 0.0257. The fourth-order valence-electron chi connectivity index (χ4n) is 4.20. The number of carbonyl (C=O) groups is 1. The molecule has 27 heavy (non-hydrogen) atoms. The molecular formula is C23H23NO3. The second-order valence-electron chi connectivity index (χ2n) is 7.32. The lowest BCUT2D eigenvalue weighted by molar-refractivity contribution is 0.0865. The number of aromatic hydroxyl groups is 1. The fraction of sp³-hybridized carbons (Fsp3) is 0.261. The number of likely N-dealkylation sites (tertiary alicyclic amines) is 1. The van der Waals surface area contributed by atoms with Gasteiger partial charge in [-0.05, 0) is 43.8 Å². The molecule has 0 radical (unpaired) electrons. The highest BCUT2D eigenvalue weighted by atomic mass is 16.3. The normalized spacial score (nSPS) is 22.8. The number of para-hydroxylation sites is 1. The van der Waals surface area contributed by atoms with Crippen LogP contribution < -0.4 is 0 Å². The summed E-state index contributed by atoms with van der Waals surface area (Å²) in [5.74, 6) is 0.443. The molecule has 0 amide bonds. The lowest BCUT2D eigenvalue weighted by Gasteiger charge is -2.24. The first kappa shape index (κ1) is 17.6. The first-order valence-corrected chi connectivity index (χ1v) is 9.18. The fourth-order valence-corrected chi connectivity index (χ4v) is 4.20. The van der Waals surface area contributed by atoms with Crippen LogP contribution in [0.3, 0.4) is 0 Å². The molecule has 1 saturated heterocycles. The standard InChI is InChI=1S/C23H23NO3/c1-15-9-11-16(12-10-15)18-14-24(2)22(20-8-5-13-27-20)21(18)23(26)17-6-3-4-7-19(17)25/h3-13,18,21-22,25H,14H2,1-2H3/t18-,21-,22+/m1/s1. The summed E-state index contributed by atoms with van der Waals surface area (Å²) in [4.78, 5) is 15.7. The lowest BCUT2D eigenvalue weighted by atomic mass is 9.79. The molecule has 4 heteroatoms. The minimum Gasteiger partial charge on any atom is -0.507 e. The maximum Gasteiger partial charge on any atom is 0.172 e. The molecule has 2 aromatic carbocycles. The van der Waals surface area contributed by atoms with Crippen LogP contribution in [0, 0.1) is 12.8 Å². The number of hydrogen-bond donors (Lipinski definition) is 1. The van der Waals surface area contributed by atoms with E-state index in [1.165, 1.54) is 5.56 Å². The molecule has 0 aliphatic carbocycles. The molecule has 4 nitrogen and oxygen atoms in total. The summed E-state index contributed by atoms with van der Waals surface area (Å²) in [6, 6.07) is 18.7. The lowest BCUT2D eigenvalue weighted by Crippen LogP contribution is -2.26. The minimum atomic E-state index is -0.336. The molecule has 0 spiro atoms. The quantitative estimate of drug-likeness (QED) is 0.692. The van der Waals surface area contributed by atoms with Gasteiger partial charge in [-0.15, -0.1) is 0 Å². The Morgan fingerprint density at radius 2 is 1.81 bits per heavy atom. The number of benzene rings is 2. The summed E-state index contributed by atoms with van der Waals surface area (Å²) in [5, 5.41) is 10.3. The number of Topliss-reactive ketones (excluding diaryl/α,β-unsaturated/α-hetero) is 1. The first-order valence-electron chi connectivity index (χ1n) is 9.18. The van der Waals surface area contributed by atoms with Gasteiger partial charge in [0, 0.05) is 12.5 Å². The molecule has 0 saturated carbocycles. The van der Waals surface area contributed by atoms with E-state index >= 15 is 0 Å². The predicted molar refractivity (Wildman–Crippen MR) is 104 cm³/mol. The highest BCUT2D eigenvalue weighted by molar-refractivity contribution is 6.01. The van der Waals surface area contributed by atoms with Crippen LogP contribution in [0.2, 0.25) is 0 Å². The highest BCUT2D eigenvalue weighted by Crippen LogP contribution is 2.47. The van der Waals surface area contributed by atoms with E-state index in [0.29, 0.717) is 5.56 Å². The summed E-state index contributed by atoms with van der Waals surface area (Å²) < 4.78 is 5.68. The summed E-state index contributed by atoms with van der Waals surface area (Å²) in [6.07, 6.45) is 1.64. The summed E-state index contributed by atoms with van der Waals surface area (Å²) >= 11 is 0. The average molecular weight is 361 g/mol. The van der Waals surface area contributed by atoms with Crippen molar-refractivity contribution in [3.05, 3.63) is 89.4 Å².